The lowest BCUT2D eigenvalue weighted by Gasteiger charge is -2.07. The van der Waals surface area contributed by atoms with Gasteiger partial charge in [-0.15, -0.1) is 0 Å². The van der Waals surface area contributed by atoms with Gasteiger partial charge in [0.2, 0.25) is 0 Å². The highest BCUT2D eigenvalue weighted by Crippen LogP contribution is 2.34. The molecule has 0 atom stereocenters. The van der Waals surface area contributed by atoms with E-state index in [9.17, 15) is 24.5 Å². The number of nitro benzene ring substituents is 1. The van der Waals surface area contributed by atoms with Crippen molar-refractivity contribution in [2.45, 2.75) is 20.8 Å². The van der Waals surface area contributed by atoms with Crippen LogP contribution in [0.1, 0.15) is 52.0 Å². The molecular weight excluding hydrogens is 384 g/mol. The van der Waals surface area contributed by atoms with Crippen molar-refractivity contribution < 1.29 is 33.5 Å². The standard InChI is InChI=1S/C19H20N2O8/c1-4-27-17(22)11-7-8-12(15(9-11)21(25)26)16-13(18(23)28-5-2)10-14(20-16)19(24)29-6-3/h7-10,20H,4-6H2,1-3H3. The lowest BCUT2D eigenvalue weighted by atomic mass is 10.0. The monoisotopic (exact) mass is 404 g/mol. The minimum Gasteiger partial charge on any atom is -0.462 e. The molecule has 1 aromatic heterocycles. The highest BCUT2D eigenvalue weighted by atomic mass is 16.6. The van der Waals surface area contributed by atoms with Crippen LogP contribution in [-0.2, 0) is 14.2 Å². The van der Waals surface area contributed by atoms with Crippen molar-refractivity contribution in [3.63, 3.8) is 0 Å². The zero-order chi connectivity index (χ0) is 21.6. The fourth-order valence-corrected chi connectivity index (χ4v) is 2.59. The molecule has 1 N–H and O–H groups in total. The van der Waals surface area contributed by atoms with Crippen molar-refractivity contribution in [1.29, 1.82) is 0 Å². The van der Waals surface area contributed by atoms with Crippen LogP contribution in [0.15, 0.2) is 24.3 Å². The van der Waals surface area contributed by atoms with Gasteiger partial charge in [-0.1, -0.05) is 0 Å². The summed E-state index contributed by atoms with van der Waals surface area (Å²) in [6, 6.07) is 4.90. The molecule has 154 valence electrons. The fraction of sp³-hybridized carbons (Fsp3) is 0.316. The lowest BCUT2D eigenvalue weighted by Crippen LogP contribution is -2.07. The maximum absolute atomic E-state index is 12.3. The summed E-state index contributed by atoms with van der Waals surface area (Å²) in [5, 5.41) is 11.6. The SMILES string of the molecule is CCOC(=O)c1ccc(-c2[nH]c(C(=O)OCC)cc2C(=O)OCC)c([N+](=O)[O-])c1. The number of rotatable bonds is 8. The van der Waals surface area contributed by atoms with E-state index in [1.54, 1.807) is 20.8 Å². The largest absolute Gasteiger partial charge is 0.462 e. The van der Waals surface area contributed by atoms with Crippen LogP contribution in [0.2, 0.25) is 0 Å². The Kier molecular flexibility index (Phi) is 7.07. The molecule has 0 aliphatic heterocycles. The summed E-state index contributed by atoms with van der Waals surface area (Å²) in [6.45, 7) is 5.13. The maximum Gasteiger partial charge on any atom is 0.354 e. The molecule has 0 saturated heterocycles. The zero-order valence-corrected chi connectivity index (χ0v) is 16.1. The predicted molar refractivity (Wildman–Crippen MR) is 101 cm³/mol. The number of hydrogen-bond acceptors (Lipinski definition) is 8. The van der Waals surface area contributed by atoms with Gasteiger partial charge in [0.25, 0.3) is 5.69 Å². The topological polar surface area (TPSA) is 138 Å². The summed E-state index contributed by atoms with van der Waals surface area (Å²) in [7, 11) is 0. The van der Waals surface area contributed by atoms with Crippen molar-refractivity contribution in [3.8, 4) is 11.3 Å². The van der Waals surface area contributed by atoms with Gasteiger partial charge in [-0.05, 0) is 39.0 Å². The number of hydrogen-bond donors (Lipinski definition) is 1. The van der Waals surface area contributed by atoms with E-state index in [2.05, 4.69) is 4.98 Å². The molecule has 2 rings (SSSR count). The van der Waals surface area contributed by atoms with Gasteiger partial charge in [0.05, 0.1) is 47.1 Å². The molecule has 1 heterocycles. The molecule has 1 aromatic carbocycles. The summed E-state index contributed by atoms with van der Waals surface area (Å²) in [5.41, 5.74) is -0.582. The first-order valence-electron chi connectivity index (χ1n) is 8.87. The van der Waals surface area contributed by atoms with E-state index in [0.29, 0.717) is 0 Å². The Balaban J connectivity index is 2.64. The van der Waals surface area contributed by atoms with Gasteiger partial charge >= 0.3 is 17.9 Å². The second-order valence-corrected chi connectivity index (χ2v) is 5.62. The quantitative estimate of drug-likeness (QED) is 0.306. The highest BCUT2D eigenvalue weighted by molar-refractivity contribution is 6.02. The second-order valence-electron chi connectivity index (χ2n) is 5.62. The van der Waals surface area contributed by atoms with Crippen molar-refractivity contribution in [1.82, 2.24) is 4.98 Å². The Bertz CT molecular complexity index is 948. The molecule has 0 spiro atoms. The molecule has 0 bridgehead atoms. The van der Waals surface area contributed by atoms with E-state index in [1.807, 2.05) is 0 Å². The van der Waals surface area contributed by atoms with Crippen LogP contribution >= 0.6 is 0 Å². The van der Waals surface area contributed by atoms with Gasteiger partial charge in [0, 0.05) is 6.07 Å². The number of carbonyl (C=O) groups is 3. The molecule has 0 fully saturated rings. The number of ether oxygens (including phenoxy) is 3. The van der Waals surface area contributed by atoms with Gasteiger partial charge in [0.15, 0.2) is 0 Å². The molecule has 0 aliphatic rings. The third-order valence-electron chi connectivity index (χ3n) is 3.78. The molecule has 10 heteroatoms. The summed E-state index contributed by atoms with van der Waals surface area (Å²) < 4.78 is 14.8. The first-order valence-corrected chi connectivity index (χ1v) is 8.87. The molecule has 0 radical (unpaired) electrons. The highest BCUT2D eigenvalue weighted by Gasteiger charge is 2.27. The number of carbonyl (C=O) groups excluding carboxylic acids is 3. The van der Waals surface area contributed by atoms with Crippen molar-refractivity contribution in [2.75, 3.05) is 19.8 Å². The predicted octanol–water partition coefficient (Wildman–Crippen LogP) is 3.12. The first kappa shape index (κ1) is 21.6. The van der Waals surface area contributed by atoms with Crippen LogP contribution in [0, 0.1) is 10.1 Å². The average Bonchev–Trinajstić information content (AvgIpc) is 3.13. The number of nitrogens with zero attached hydrogens (tertiary/aromatic N) is 1. The van der Waals surface area contributed by atoms with E-state index >= 15 is 0 Å². The van der Waals surface area contributed by atoms with Crippen molar-refractivity contribution >= 4 is 23.6 Å². The van der Waals surface area contributed by atoms with E-state index < -0.39 is 28.5 Å². The van der Waals surface area contributed by atoms with E-state index in [1.165, 1.54) is 18.2 Å². The second kappa shape index (κ2) is 9.49. The van der Waals surface area contributed by atoms with Crippen LogP contribution in [0.3, 0.4) is 0 Å². The third-order valence-corrected chi connectivity index (χ3v) is 3.78. The van der Waals surface area contributed by atoms with Gasteiger partial charge in [-0.3, -0.25) is 10.1 Å². The van der Waals surface area contributed by atoms with E-state index in [0.717, 1.165) is 6.07 Å². The molecule has 0 saturated carbocycles. The number of aromatic amines is 1. The molecule has 2 aromatic rings. The Morgan fingerprint density at radius 3 is 2.10 bits per heavy atom. The minimum absolute atomic E-state index is 0.00153. The Hall–Kier alpha value is -3.69. The fourth-order valence-electron chi connectivity index (χ4n) is 2.59. The van der Waals surface area contributed by atoms with Gasteiger partial charge in [-0.25, -0.2) is 14.4 Å². The minimum atomic E-state index is -0.766. The molecule has 0 unspecified atom stereocenters. The van der Waals surface area contributed by atoms with Gasteiger partial charge in [0.1, 0.15) is 5.69 Å². The average molecular weight is 404 g/mol. The Labute approximate surface area is 165 Å². The molecule has 29 heavy (non-hydrogen) atoms. The summed E-state index contributed by atoms with van der Waals surface area (Å²) in [4.78, 5) is 49.9. The number of nitrogens with one attached hydrogen (secondary N) is 1. The Morgan fingerprint density at radius 2 is 1.52 bits per heavy atom. The normalized spacial score (nSPS) is 10.3. The van der Waals surface area contributed by atoms with Crippen LogP contribution < -0.4 is 0 Å². The molecule has 0 aliphatic carbocycles. The van der Waals surface area contributed by atoms with Crippen LogP contribution in [0.5, 0.6) is 0 Å². The van der Waals surface area contributed by atoms with Crippen LogP contribution in [0.25, 0.3) is 11.3 Å². The number of H-pyrrole nitrogens is 1. The smallest absolute Gasteiger partial charge is 0.354 e. The summed E-state index contributed by atoms with van der Waals surface area (Å²) in [5.74, 6) is -2.21. The first-order chi connectivity index (χ1) is 13.8. The third kappa shape index (κ3) is 4.78. The number of aromatic nitrogens is 1. The van der Waals surface area contributed by atoms with Gasteiger partial charge in [-0.2, -0.15) is 0 Å². The molecule has 0 amide bonds. The summed E-state index contributed by atoms with van der Waals surface area (Å²) >= 11 is 0. The number of esters is 3. The molecule has 10 nitrogen and oxygen atoms in total. The van der Waals surface area contributed by atoms with Crippen molar-refractivity contribution in [3.05, 3.63) is 51.2 Å². The summed E-state index contributed by atoms with van der Waals surface area (Å²) in [6.07, 6.45) is 0. The van der Waals surface area contributed by atoms with E-state index in [-0.39, 0.29) is 47.9 Å². The zero-order valence-electron chi connectivity index (χ0n) is 16.1. The number of nitro groups is 1. The van der Waals surface area contributed by atoms with E-state index in [4.69, 9.17) is 14.2 Å². The van der Waals surface area contributed by atoms with Crippen LogP contribution in [-0.4, -0.2) is 47.6 Å². The maximum atomic E-state index is 12.3. The van der Waals surface area contributed by atoms with Crippen LogP contribution in [0.4, 0.5) is 5.69 Å². The van der Waals surface area contributed by atoms with Gasteiger partial charge < -0.3 is 19.2 Å². The molecular formula is C19H20N2O8. The Morgan fingerprint density at radius 1 is 0.931 bits per heavy atom. The number of benzene rings is 1. The van der Waals surface area contributed by atoms with Crippen molar-refractivity contribution in [2.24, 2.45) is 0 Å². The lowest BCUT2D eigenvalue weighted by molar-refractivity contribution is -0.384.